The van der Waals surface area contributed by atoms with Crippen molar-refractivity contribution in [3.63, 3.8) is 0 Å². The molecule has 2 N–H and O–H groups in total. The standard InChI is InChI=1S/C21H22ClN3O4/c22-16-5-9-18(10-6-16)29-13-11-23-19(26)14-24-21(28)15-3-7-17(8-4-15)25-12-1-2-20(25)27/h3-10H,1-2,11-14H2,(H,23,26)(H,24,28). The van der Waals surface area contributed by atoms with Gasteiger partial charge in [-0.3, -0.25) is 14.4 Å². The van der Waals surface area contributed by atoms with Gasteiger partial charge >= 0.3 is 0 Å². The molecule has 0 spiro atoms. The summed E-state index contributed by atoms with van der Waals surface area (Å²) < 4.78 is 5.48. The minimum atomic E-state index is -0.350. The fourth-order valence-corrected chi connectivity index (χ4v) is 3.06. The fourth-order valence-electron chi connectivity index (χ4n) is 2.93. The Morgan fingerprint density at radius 1 is 1.03 bits per heavy atom. The van der Waals surface area contributed by atoms with Crippen molar-refractivity contribution in [1.82, 2.24) is 10.6 Å². The van der Waals surface area contributed by atoms with E-state index in [0.29, 0.717) is 42.5 Å². The van der Waals surface area contributed by atoms with Crippen LogP contribution in [0.25, 0.3) is 0 Å². The number of ether oxygens (including phenoxy) is 1. The fraction of sp³-hybridized carbons (Fsp3) is 0.286. The normalized spacial score (nSPS) is 13.3. The summed E-state index contributed by atoms with van der Waals surface area (Å²) in [5.74, 6) is 0.101. The van der Waals surface area contributed by atoms with Gasteiger partial charge in [0.15, 0.2) is 0 Å². The van der Waals surface area contributed by atoms with Crippen LogP contribution in [0.4, 0.5) is 5.69 Å². The molecule has 2 aromatic carbocycles. The number of nitrogens with one attached hydrogen (secondary N) is 2. The maximum absolute atomic E-state index is 12.2. The molecule has 0 bridgehead atoms. The Kier molecular flexibility index (Phi) is 7.08. The quantitative estimate of drug-likeness (QED) is 0.648. The highest BCUT2D eigenvalue weighted by molar-refractivity contribution is 6.30. The molecule has 0 aliphatic carbocycles. The lowest BCUT2D eigenvalue weighted by molar-refractivity contribution is -0.120. The van der Waals surface area contributed by atoms with Crippen molar-refractivity contribution in [2.24, 2.45) is 0 Å². The second-order valence-corrected chi connectivity index (χ2v) is 6.97. The molecular formula is C21H22ClN3O4. The highest BCUT2D eigenvalue weighted by Crippen LogP contribution is 2.21. The monoisotopic (exact) mass is 415 g/mol. The largest absolute Gasteiger partial charge is 0.492 e. The number of carbonyl (C=O) groups is 3. The highest BCUT2D eigenvalue weighted by atomic mass is 35.5. The van der Waals surface area contributed by atoms with Gasteiger partial charge in [0, 0.05) is 29.2 Å². The number of carbonyl (C=O) groups excluding carboxylic acids is 3. The van der Waals surface area contributed by atoms with Gasteiger partial charge in [-0.05, 0) is 55.0 Å². The molecule has 0 aromatic heterocycles. The van der Waals surface area contributed by atoms with Gasteiger partial charge in [-0.1, -0.05) is 11.6 Å². The second kappa shape index (κ2) is 9.93. The number of halogens is 1. The van der Waals surface area contributed by atoms with Crippen LogP contribution in [0.5, 0.6) is 5.75 Å². The predicted octanol–water partition coefficient (Wildman–Crippen LogP) is 2.39. The Bertz CT molecular complexity index is 868. The van der Waals surface area contributed by atoms with Crippen LogP contribution in [0, 0.1) is 0 Å². The minimum absolute atomic E-state index is 0.0962. The molecule has 1 saturated heterocycles. The van der Waals surface area contributed by atoms with Gasteiger partial charge in [0.1, 0.15) is 12.4 Å². The molecule has 3 amide bonds. The van der Waals surface area contributed by atoms with E-state index >= 15 is 0 Å². The highest BCUT2D eigenvalue weighted by Gasteiger charge is 2.21. The van der Waals surface area contributed by atoms with E-state index in [-0.39, 0.29) is 24.3 Å². The lowest BCUT2D eigenvalue weighted by Gasteiger charge is -2.15. The van der Waals surface area contributed by atoms with E-state index in [2.05, 4.69) is 10.6 Å². The molecule has 1 fully saturated rings. The lowest BCUT2D eigenvalue weighted by Crippen LogP contribution is -2.38. The first-order chi connectivity index (χ1) is 14.0. The van der Waals surface area contributed by atoms with Crippen molar-refractivity contribution < 1.29 is 19.1 Å². The van der Waals surface area contributed by atoms with Crippen LogP contribution in [-0.4, -0.2) is 44.0 Å². The average Bonchev–Trinajstić information content (AvgIpc) is 3.16. The first kappa shape index (κ1) is 20.7. The van der Waals surface area contributed by atoms with Gasteiger partial charge < -0.3 is 20.3 Å². The van der Waals surface area contributed by atoms with Gasteiger partial charge in [0.05, 0.1) is 13.1 Å². The summed E-state index contributed by atoms with van der Waals surface area (Å²) >= 11 is 5.80. The average molecular weight is 416 g/mol. The van der Waals surface area contributed by atoms with Crippen molar-refractivity contribution >= 4 is 35.0 Å². The Balaban J connectivity index is 1.36. The molecule has 1 aliphatic rings. The molecular weight excluding hydrogens is 394 g/mol. The molecule has 1 aliphatic heterocycles. The number of anilines is 1. The molecule has 152 valence electrons. The maximum Gasteiger partial charge on any atom is 0.251 e. The van der Waals surface area contributed by atoms with E-state index in [0.717, 1.165) is 12.1 Å². The second-order valence-electron chi connectivity index (χ2n) is 6.53. The third kappa shape index (κ3) is 5.96. The zero-order valence-electron chi connectivity index (χ0n) is 15.8. The van der Waals surface area contributed by atoms with E-state index in [1.54, 1.807) is 53.4 Å². The number of hydrogen-bond acceptors (Lipinski definition) is 4. The van der Waals surface area contributed by atoms with Crippen LogP contribution in [0.15, 0.2) is 48.5 Å². The van der Waals surface area contributed by atoms with Crippen LogP contribution in [0.3, 0.4) is 0 Å². The summed E-state index contributed by atoms with van der Waals surface area (Å²) in [5, 5.41) is 5.87. The van der Waals surface area contributed by atoms with Gasteiger partial charge in [0.25, 0.3) is 5.91 Å². The first-order valence-electron chi connectivity index (χ1n) is 9.36. The van der Waals surface area contributed by atoms with Gasteiger partial charge in [-0.25, -0.2) is 0 Å². The maximum atomic E-state index is 12.2. The van der Waals surface area contributed by atoms with Crippen molar-refractivity contribution in [2.45, 2.75) is 12.8 Å². The van der Waals surface area contributed by atoms with Crippen molar-refractivity contribution in [2.75, 3.05) is 31.1 Å². The number of rotatable bonds is 8. The topological polar surface area (TPSA) is 87.7 Å². The van der Waals surface area contributed by atoms with Crippen molar-refractivity contribution in [3.05, 3.63) is 59.1 Å². The third-order valence-electron chi connectivity index (χ3n) is 4.43. The lowest BCUT2D eigenvalue weighted by atomic mass is 10.2. The van der Waals surface area contributed by atoms with Crippen molar-refractivity contribution in [3.8, 4) is 5.75 Å². The SMILES string of the molecule is O=C(CNC(=O)c1ccc(N2CCCC2=O)cc1)NCCOc1ccc(Cl)cc1. The summed E-state index contributed by atoms with van der Waals surface area (Å²) in [6, 6.07) is 13.7. The molecule has 8 heteroatoms. The summed E-state index contributed by atoms with van der Waals surface area (Å²) in [7, 11) is 0. The molecule has 7 nitrogen and oxygen atoms in total. The van der Waals surface area contributed by atoms with Crippen LogP contribution in [0.1, 0.15) is 23.2 Å². The van der Waals surface area contributed by atoms with E-state index in [1.165, 1.54) is 0 Å². The Labute approximate surface area is 174 Å². The molecule has 29 heavy (non-hydrogen) atoms. The van der Waals surface area contributed by atoms with Crippen LogP contribution in [0.2, 0.25) is 5.02 Å². The van der Waals surface area contributed by atoms with E-state index in [9.17, 15) is 14.4 Å². The van der Waals surface area contributed by atoms with E-state index in [4.69, 9.17) is 16.3 Å². The Hall–Kier alpha value is -3.06. The third-order valence-corrected chi connectivity index (χ3v) is 4.68. The molecule has 0 atom stereocenters. The summed E-state index contributed by atoms with van der Waals surface area (Å²) in [5.41, 5.74) is 1.21. The Morgan fingerprint density at radius 2 is 1.76 bits per heavy atom. The molecule has 2 aromatic rings. The van der Waals surface area contributed by atoms with Gasteiger partial charge in [0.2, 0.25) is 11.8 Å². The van der Waals surface area contributed by atoms with Crippen LogP contribution >= 0.6 is 11.6 Å². The predicted molar refractivity (Wildman–Crippen MR) is 110 cm³/mol. The molecule has 3 rings (SSSR count). The molecule has 0 radical (unpaired) electrons. The number of nitrogens with zero attached hydrogens (tertiary/aromatic N) is 1. The molecule has 1 heterocycles. The first-order valence-corrected chi connectivity index (χ1v) is 9.74. The number of hydrogen-bond donors (Lipinski definition) is 2. The summed E-state index contributed by atoms with van der Waals surface area (Å²) in [4.78, 5) is 37.5. The number of benzene rings is 2. The van der Waals surface area contributed by atoms with E-state index in [1.807, 2.05) is 0 Å². The van der Waals surface area contributed by atoms with Crippen LogP contribution in [-0.2, 0) is 9.59 Å². The number of amides is 3. The zero-order chi connectivity index (χ0) is 20.6. The Morgan fingerprint density at radius 3 is 2.41 bits per heavy atom. The zero-order valence-corrected chi connectivity index (χ0v) is 16.6. The van der Waals surface area contributed by atoms with Gasteiger partial charge in [-0.2, -0.15) is 0 Å². The summed E-state index contributed by atoms with van der Waals surface area (Å²) in [6.45, 7) is 1.19. The molecule has 0 saturated carbocycles. The minimum Gasteiger partial charge on any atom is -0.492 e. The van der Waals surface area contributed by atoms with Gasteiger partial charge in [-0.15, -0.1) is 0 Å². The molecule has 0 unspecified atom stereocenters. The van der Waals surface area contributed by atoms with E-state index < -0.39 is 0 Å². The van der Waals surface area contributed by atoms with Crippen molar-refractivity contribution in [1.29, 1.82) is 0 Å². The summed E-state index contributed by atoms with van der Waals surface area (Å²) in [6.07, 6.45) is 1.41. The van der Waals surface area contributed by atoms with Crippen LogP contribution < -0.4 is 20.3 Å². The smallest absolute Gasteiger partial charge is 0.251 e.